The lowest BCUT2D eigenvalue weighted by Crippen LogP contribution is -2.50. The van der Waals surface area contributed by atoms with Crippen molar-refractivity contribution in [2.45, 2.75) is 12.8 Å². The Hall–Kier alpha value is -3.66. The molecule has 1 saturated heterocycles. The number of furan rings is 1. The van der Waals surface area contributed by atoms with E-state index in [4.69, 9.17) is 4.42 Å². The number of amides is 4. The number of hydrogen-bond donors (Lipinski definition) is 2. The summed E-state index contributed by atoms with van der Waals surface area (Å²) >= 11 is 1.32. The molecule has 3 aromatic rings. The number of benzene rings is 1. The van der Waals surface area contributed by atoms with Gasteiger partial charge in [0, 0.05) is 43.7 Å². The topological polar surface area (TPSA) is 108 Å². The number of nitrogens with zero attached hydrogens (tertiary/aromatic N) is 3. The van der Waals surface area contributed by atoms with Gasteiger partial charge in [-0.15, -0.1) is 11.3 Å². The Balaban J connectivity index is 1.20. The first-order chi connectivity index (χ1) is 15.6. The maximum Gasteiger partial charge on any atom is 0.325 e. The van der Waals surface area contributed by atoms with Gasteiger partial charge in [0.05, 0.1) is 12.0 Å². The van der Waals surface area contributed by atoms with E-state index >= 15 is 0 Å². The van der Waals surface area contributed by atoms with Crippen molar-refractivity contribution < 1.29 is 18.8 Å². The van der Waals surface area contributed by atoms with Crippen molar-refractivity contribution in [1.29, 1.82) is 0 Å². The third-order valence-corrected chi connectivity index (χ3v) is 5.86. The lowest BCUT2D eigenvalue weighted by atomic mass is 10.2. The van der Waals surface area contributed by atoms with E-state index < -0.39 is 0 Å². The minimum atomic E-state index is -0.366. The van der Waals surface area contributed by atoms with Crippen LogP contribution >= 0.6 is 11.3 Å². The molecule has 1 fully saturated rings. The van der Waals surface area contributed by atoms with Crippen LogP contribution in [0, 0.1) is 0 Å². The molecule has 9 nitrogen and oxygen atoms in total. The van der Waals surface area contributed by atoms with Crippen molar-refractivity contribution in [1.82, 2.24) is 14.8 Å². The van der Waals surface area contributed by atoms with Crippen LogP contribution in [0.15, 0.2) is 58.5 Å². The summed E-state index contributed by atoms with van der Waals surface area (Å²) in [7, 11) is 0. The molecule has 0 spiro atoms. The van der Waals surface area contributed by atoms with Crippen molar-refractivity contribution >= 4 is 40.0 Å². The first-order valence-corrected chi connectivity index (χ1v) is 11.1. The van der Waals surface area contributed by atoms with Crippen LogP contribution in [0.1, 0.15) is 22.7 Å². The van der Waals surface area contributed by atoms with E-state index in [1.165, 1.54) is 17.6 Å². The van der Waals surface area contributed by atoms with Crippen LogP contribution in [0.25, 0.3) is 0 Å². The molecule has 0 radical (unpaired) electrons. The molecular weight excluding hydrogens is 430 g/mol. The van der Waals surface area contributed by atoms with Gasteiger partial charge >= 0.3 is 6.03 Å². The molecule has 0 unspecified atom stereocenters. The predicted molar refractivity (Wildman–Crippen MR) is 121 cm³/mol. The summed E-state index contributed by atoms with van der Waals surface area (Å²) in [5, 5.41) is 7.76. The highest BCUT2D eigenvalue weighted by Crippen LogP contribution is 2.18. The molecule has 3 heterocycles. The molecule has 1 aromatic carbocycles. The number of piperazine rings is 1. The van der Waals surface area contributed by atoms with Crippen LogP contribution in [0.2, 0.25) is 0 Å². The Morgan fingerprint density at radius 2 is 1.72 bits per heavy atom. The number of carbonyl (C=O) groups is 3. The smallest absolute Gasteiger partial charge is 0.325 e. The number of aryl methyl sites for hydroxylation is 1. The summed E-state index contributed by atoms with van der Waals surface area (Å²) in [6.45, 7) is 1.95. The highest BCUT2D eigenvalue weighted by Gasteiger charge is 2.26. The molecule has 4 rings (SSSR count). The molecule has 32 heavy (non-hydrogen) atoms. The summed E-state index contributed by atoms with van der Waals surface area (Å²) in [4.78, 5) is 44.8. The lowest BCUT2D eigenvalue weighted by molar-refractivity contribution is -0.132. The minimum absolute atomic E-state index is 0.0272. The summed E-state index contributed by atoms with van der Waals surface area (Å²) in [5.74, 6) is 0.190. The van der Waals surface area contributed by atoms with Crippen LogP contribution in [0.4, 0.5) is 15.6 Å². The predicted octanol–water partition coefficient (Wildman–Crippen LogP) is 3.30. The van der Waals surface area contributed by atoms with Gasteiger partial charge < -0.3 is 19.5 Å². The van der Waals surface area contributed by atoms with Crippen molar-refractivity contribution in [3.8, 4) is 0 Å². The largest absolute Gasteiger partial charge is 0.459 e. The molecular formula is C22H23N5O4S. The van der Waals surface area contributed by atoms with E-state index in [-0.39, 0.29) is 17.8 Å². The van der Waals surface area contributed by atoms with Gasteiger partial charge in [-0.1, -0.05) is 18.2 Å². The minimum Gasteiger partial charge on any atom is -0.459 e. The number of aromatic nitrogens is 1. The van der Waals surface area contributed by atoms with E-state index in [0.717, 1.165) is 5.69 Å². The fraction of sp³-hybridized carbons (Fsp3) is 0.273. The number of para-hydroxylation sites is 1. The van der Waals surface area contributed by atoms with Gasteiger partial charge in [0.2, 0.25) is 5.91 Å². The molecule has 0 saturated carbocycles. The first kappa shape index (κ1) is 21.6. The second-order valence-electron chi connectivity index (χ2n) is 7.24. The van der Waals surface area contributed by atoms with Gasteiger partial charge in [0.25, 0.3) is 5.91 Å². The number of anilines is 2. The maximum atomic E-state index is 12.6. The Morgan fingerprint density at radius 1 is 0.969 bits per heavy atom. The number of thiazole rings is 1. The van der Waals surface area contributed by atoms with E-state index in [2.05, 4.69) is 15.6 Å². The monoisotopic (exact) mass is 453 g/mol. The maximum absolute atomic E-state index is 12.6. The Labute approximate surface area is 189 Å². The number of rotatable bonds is 6. The van der Waals surface area contributed by atoms with E-state index in [0.29, 0.717) is 55.6 Å². The first-order valence-electron chi connectivity index (χ1n) is 10.3. The molecule has 0 bridgehead atoms. The fourth-order valence-corrected chi connectivity index (χ4v) is 4.11. The number of carbonyl (C=O) groups excluding carboxylic acids is 3. The van der Waals surface area contributed by atoms with Crippen LogP contribution in [0.5, 0.6) is 0 Å². The Bertz CT molecular complexity index is 1060. The van der Waals surface area contributed by atoms with Crippen LogP contribution in [-0.4, -0.2) is 58.8 Å². The van der Waals surface area contributed by atoms with Crippen molar-refractivity contribution in [2.24, 2.45) is 0 Å². The quantitative estimate of drug-likeness (QED) is 0.595. The van der Waals surface area contributed by atoms with Crippen molar-refractivity contribution in [3.05, 3.63) is 65.6 Å². The number of nitrogens with one attached hydrogen (secondary N) is 2. The average Bonchev–Trinajstić information content (AvgIpc) is 3.50. The highest BCUT2D eigenvalue weighted by molar-refractivity contribution is 7.13. The normalized spacial score (nSPS) is 13.6. The second-order valence-corrected chi connectivity index (χ2v) is 8.10. The summed E-state index contributed by atoms with van der Waals surface area (Å²) in [5.41, 5.74) is 1.45. The standard InChI is InChI=1S/C22H23N5O4S/c28-19(26-10-12-27(13-11-26)20(29)18-7-4-14-31-18)9-8-17-15-32-22(24-17)25-21(30)23-16-5-2-1-3-6-16/h1-7,14-15H,8-13H2,(H2,23,24,25,30). The zero-order chi connectivity index (χ0) is 22.3. The van der Waals surface area contributed by atoms with Gasteiger partial charge in [-0.3, -0.25) is 14.9 Å². The molecule has 4 amide bonds. The molecule has 0 aliphatic carbocycles. The zero-order valence-corrected chi connectivity index (χ0v) is 18.1. The van der Waals surface area contributed by atoms with Crippen molar-refractivity contribution in [2.75, 3.05) is 36.8 Å². The van der Waals surface area contributed by atoms with Gasteiger partial charge in [0.1, 0.15) is 0 Å². The van der Waals surface area contributed by atoms with Gasteiger partial charge in [-0.25, -0.2) is 9.78 Å². The Morgan fingerprint density at radius 3 is 2.44 bits per heavy atom. The number of urea groups is 1. The second kappa shape index (κ2) is 10.1. The van der Waals surface area contributed by atoms with E-state index in [1.807, 2.05) is 23.6 Å². The van der Waals surface area contributed by atoms with Crippen molar-refractivity contribution in [3.63, 3.8) is 0 Å². The zero-order valence-electron chi connectivity index (χ0n) is 17.3. The molecule has 1 aliphatic rings. The SMILES string of the molecule is O=C(Nc1ccccc1)Nc1nc(CCC(=O)N2CCN(C(=O)c3ccco3)CC2)cs1. The molecule has 10 heteroatoms. The summed E-state index contributed by atoms with van der Waals surface area (Å²) in [6, 6.07) is 12.1. The van der Waals surface area contributed by atoms with Crippen LogP contribution in [-0.2, 0) is 11.2 Å². The molecule has 2 aromatic heterocycles. The molecule has 2 N–H and O–H groups in total. The lowest BCUT2D eigenvalue weighted by Gasteiger charge is -2.34. The third-order valence-electron chi connectivity index (χ3n) is 5.05. The van der Waals surface area contributed by atoms with Crippen LogP contribution in [0.3, 0.4) is 0 Å². The van der Waals surface area contributed by atoms with E-state index in [1.54, 1.807) is 34.1 Å². The molecule has 0 atom stereocenters. The third kappa shape index (κ3) is 5.52. The summed E-state index contributed by atoms with van der Waals surface area (Å²) in [6.07, 6.45) is 2.29. The molecule has 166 valence electrons. The fourth-order valence-electron chi connectivity index (χ4n) is 3.37. The summed E-state index contributed by atoms with van der Waals surface area (Å²) < 4.78 is 5.16. The van der Waals surface area contributed by atoms with E-state index in [9.17, 15) is 14.4 Å². The molecule has 1 aliphatic heterocycles. The van der Waals surface area contributed by atoms with Gasteiger partial charge in [-0.2, -0.15) is 0 Å². The Kier molecular flexibility index (Phi) is 6.81. The van der Waals surface area contributed by atoms with Gasteiger partial charge in [-0.05, 0) is 30.7 Å². The average molecular weight is 454 g/mol. The van der Waals surface area contributed by atoms with Gasteiger partial charge in [0.15, 0.2) is 10.9 Å². The number of hydrogen-bond acceptors (Lipinski definition) is 6. The highest BCUT2D eigenvalue weighted by atomic mass is 32.1. The van der Waals surface area contributed by atoms with Crippen LogP contribution < -0.4 is 10.6 Å².